The predicted molar refractivity (Wildman–Crippen MR) is 81.2 cm³/mol. The van der Waals surface area contributed by atoms with Crippen molar-refractivity contribution in [2.75, 3.05) is 31.6 Å². The number of nitrogens with one attached hydrogen (secondary N) is 2. The van der Waals surface area contributed by atoms with Crippen molar-refractivity contribution < 1.29 is 14.3 Å². The Morgan fingerprint density at radius 3 is 2.48 bits per heavy atom. The number of rotatable bonds is 7. The lowest BCUT2D eigenvalue weighted by molar-refractivity contribution is -0.120. The van der Waals surface area contributed by atoms with Gasteiger partial charge in [0.25, 0.3) is 11.8 Å². The Bertz CT molecular complexity index is 501. The molecular formula is C14H22N4O3. The minimum absolute atomic E-state index is 0.171. The van der Waals surface area contributed by atoms with Gasteiger partial charge in [0.15, 0.2) is 0 Å². The second-order valence-corrected chi connectivity index (χ2v) is 4.31. The first kappa shape index (κ1) is 16.8. The lowest BCUT2D eigenvalue weighted by Gasteiger charge is -2.23. The van der Waals surface area contributed by atoms with E-state index in [1.807, 2.05) is 11.5 Å². The maximum Gasteiger partial charge on any atom is 0.253 e. The number of nitrogens with two attached hydrogens (primary N) is 1. The van der Waals surface area contributed by atoms with Crippen molar-refractivity contribution in [3.63, 3.8) is 0 Å². The quantitative estimate of drug-likeness (QED) is 0.381. The Hall–Kier alpha value is -2.28. The van der Waals surface area contributed by atoms with Crippen molar-refractivity contribution >= 4 is 17.5 Å². The van der Waals surface area contributed by atoms with Crippen LogP contribution in [-0.2, 0) is 4.79 Å². The topological polar surface area (TPSA) is 96.7 Å². The van der Waals surface area contributed by atoms with Crippen LogP contribution in [0.2, 0.25) is 0 Å². The minimum Gasteiger partial charge on any atom is -0.495 e. The molecule has 1 aromatic rings. The fourth-order valence-electron chi connectivity index (χ4n) is 1.96. The highest BCUT2D eigenvalue weighted by Gasteiger charge is 2.13. The monoisotopic (exact) mass is 294 g/mol. The van der Waals surface area contributed by atoms with Crippen molar-refractivity contribution in [2.24, 2.45) is 5.84 Å². The summed E-state index contributed by atoms with van der Waals surface area (Å²) in [5.41, 5.74) is 3.30. The van der Waals surface area contributed by atoms with E-state index >= 15 is 0 Å². The average molecular weight is 294 g/mol. The second kappa shape index (κ2) is 8.11. The molecule has 0 saturated carbocycles. The van der Waals surface area contributed by atoms with Gasteiger partial charge < -0.3 is 15.0 Å². The molecule has 4 N–H and O–H groups in total. The average Bonchev–Trinajstić information content (AvgIpc) is 2.53. The summed E-state index contributed by atoms with van der Waals surface area (Å²) in [7, 11) is 1.56. The van der Waals surface area contributed by atoms with Crippen LogP contribution in [-0.4, -0.2) is 38.6 Å². The summed E-state index contributed by atoms with van der Waals surface area (Å²) in [4.78, 5) is 25.1. The van der Waals surface area contributed by atoms with Crippen molar-refractivity contribution in [1.82, 2.24) is 10.7 Å². The number of hydrogen-bond acceptors (Lipinski definition) is 5. The summed E-state index contributed by atoms with van der Waals surface area (Å²) in [6.45, 7) is 5.61. The molecule has 7 heteroatoms. The molecular weight excluding hydrogens is 272 g/mol. The fourth-order valence-corrected chi connectivity index (χ4v) is 1.96. The summed E-state index contributed by atoms with van der Waals surface area (Å²) in [6, 6.07) is 5.19. The van der Waals surface area contributed by atoms with Gasteiger partial charge in [-0.2, -0.15) is 0 Å². The van der Waals surface area contributed by atoms with E-state index in [9.17, 15) is 9.59 Å². The summed E-state index contributed by atoms with van der Waals surface area (Å²) in [5.74, 6) is 4.75. The number of nitrogens with zero attached hydrogens (tertiary/aromatic N) is 1. The lowest BCUT2D eigenvalue weighted by Crippen LogP contribution is -2.40. The molecule has 0 aliphatic heterocycles. The maximum absolute atomic E-state index is 12.0. The first-order valence-electron chi connectivity index (χ1n) is 6.77. The van der Waals surface area contributed by atoms with Crippen LogP contribution in [0.1, 0.15) is 24.2 Å². The number of benzene rings is 1. The molecule has 0 aromatic heterocycles. The van der Waals surface area contributed by atoms with Crippen LogP contribution >= 0.6 is 0 Å². The van der Waals surface area contributed by atoms with Gasteiger partial charge in [-0.1, -0.05) is 0 Å². The zero-order chi connectivity index (χ0) is 15.8. The van der Waals surface area contributed by atoms with Gasteiger partial charge >= 0.3 is 0 Å². The van der Waals surface area contributed by atoms with Crippen LogP contribution in [0.5, 0.6) is 5.75 Å². The van der Waals surface area contributed by atoms with Crippen molar-refractivity contribution in [1.29, 1.82) is 0 Å². The van der Waals surface area contributed by atoms with Gasteiger partial charge in [0.2, 0.25) is 0 Å². The molecule has 0 saturated heterocycles. The van der Waals surface area contributed by atoms with Crippen LogP contribution < -0.4 is 26.2 Å². The molecule has 21 heavy (non-hydrogen) atoms. The van der Waals surface area contributed by atoms with E-state index in [0.29, 0.717) is 11.3 Å². The summed E-state index contributed by atoms with van der Waals surface area (Å²) in [5, 5.41) is 2.48. The SMILES string of the molecule is CCN(CC)c1ccc(C(=O)NCC(=O)NN)cc1OC. The number of hydrazine groups is 1. The number of ether oxygens (including phenoxy) is 1. The van der Waals surface area contributed by atoms with Crippen LogP contribution in [0, 0.1) is 0 Å². The van der Waals surface area contributed by atoms with Crippen LogP contribution in [0.4, 0.5) is 5.69 Å². The third kappa shape index (κ3) is 4.35. The molecule has 0 atom stereocenters. The Balaban J connectivity index is 2.91. The normalized spacial score (nSPS) is 9.90. The number of carbonyl (C=O) groups excluding carboxylic acids is 2. The lowest BCUT2D eigenvalue weighted by atomic mass is 10.1. The molecule has 1 aromatic carbocycles. The van der Waals surface area contributed by atoms with E-state index in [1.54, 1.807) is 19.2 Å². The number of anilines is 1. The molecule has 0 radical (unpaired) electrons. The first-order valence-corrected chi connectivity index (χ1v) is 6.77. The van der Waals surface area contributed by atoms with Gasteiger partial charge in [-0.05, 0) is 32.0 Å². The number of methoxy groups -OCH3 is 1. The van der Waals surface area contributed by atoms with Crippen molar-refractivity contribution in [3.05, 3.63) is 23.8 Å². The van der Waals surface area contributed by atoms with E-state index in [4.69, 9.17) is 10.6 Å². The number of amides is 2. The van der Waals surface area contributed by atoms with Gasteiger partial charge in [-0.3, -0.25) is 15.0 Å². The second-order valence-electron chi connectivity index (χ2n) is 4.31. The maximum atomic E-state index is 12.0. The summed E-state index contributed by atoms with van der Waals surface area (Å²) in [6.07, 6.45) is 0. The molecule has 0 aliphatic rings. The molecule has 2 amide bonds. The highest BCUT2D eigenvalue weighted by atomic mass is 16.5. The van der Waals surface area contributed by atoms with Crippen molar-refractivity contribution in [3.8, 4) is 5.75 Å². The molecule has 0 fully saturated rings. The zero-order valence-electron chi connectivity index (χ0n) is 12.6. The molecule has 0 spiro atoms. The number of hydrogen-bond donors (Lipinski definition) is 3. The Labute approximate surface area is 124 Å². The van der Waals surface area contributed by atoms with Gasteiger partial charge in [0.1, 0.15) is 5.75 Å². The third-order valence-electron chi connectivity index (χ3n) is 3.12. The summed E-state index contributed by atoms with van der Waals surface area (Å²) >= 11 is 0. The van der Waals surface area contributed by atoms with E-state index < -0.39 is 5.91 Å². The van der Waals surface area contributed by atoms with Gasteiger partial charge in [0, 0.05) is 18.7 Å². The molecule has 1 rings (SSSR count). The van der Waals surface area contributed by atoms with E-state index in [-0.39, 0.29) is 12.5 Å². The van der Waals surface area contributed by atoms with Crippen LogP contribution in [0.25, 0.3) is 0 Å². The van der Waals surface area contributed by atoms with Gasteiger partial charge in [-0.15, -0.1) is 0 Å². The third-order valence-corrected chi connectivity index (χ3v) is 3.12. The van der Waals surface area contributed by atoms with Gasteiger partial charge in [-0.25, -0.2) is 5.84 Å². The standard InChI is InChI=1S/C14H22N4O3/c1-4-18(5-2)11-7-6-10(8-12(11)21-3)14(20)16-9-13(19)17-15/h6-8H,4-5,9,15H2,1-3H3,(H,16,20)(H,17,19). The Morgan fingerprint density at radius 2 is 1.95 bits per heavy atom. The predicted octanol–water partition coefficient (Wildman–Crippen LogP) is 0.261. The fraction of sp³-hybridized carbons (Fsp3) is 0.429. The van der Waals surface area contributed by atoms with Crippen molar-refractivity contribution in [2.45, 2.75) is 13.8 Å². The van der Waals surface area contributed by atoms with Crippen LogP contribution in [0.3, 0.4) is 0 Å². The van der Waals surface area contributed by atoms with Crippen LogP contribution in [0.15, 0.2) is 18.2 Å². The first-order chi connectivity index (χ1) is 10.1. The molecule has 0 heterocycles. The molecule has 0 aliphatic carbocycles. The van der Waals surface area contributed by atoms with Gasteiger partial charge in [0.05, 0.1) is 19.3 Å². The molecule has 7 nitrogen and oxygen atoms in total. The van der Waals surface area contributed by atoms with E-state index in [1.165, 1.54) is 0 Å². The molecule has 0 unspecified atom stereocenters. The largest absolute Gasteiger partial charge is 0.495 e. The van der Waals surface area contributed by atoms with E-state index in [0.717, 1.165) is 18.8 Å². The highest BCUT2D eigenvalue weighted by molar-refractivity contribution is 5.97. The number of carbonyl (C=O) groups is 2. The smallest absolute Gasteiger partial charge is 0.253 e. The Kier molecular flexibility index (Phi) is 6.48. The Morgan fingerprint density at radius 1 is 1.29 bits per heavy atom. The minimum atomic E-state index is -0.463. The zero-order valence-corrected chi connectivity index (χ0v) is 12.6. The molecule has 116 valence electrons. The van der Waals surface area contributed by atoms with E-state index in [2.05, 4.69) is 24.1 Å². The highest BCUT2D eigenvalue weighted by Crippen LogP contribution is 2.29. The molecule has 0 bridgehead atoms. The summed E-state index contributed by atoms with van der Waals surface area (Å²) < 4.78 is 5.35.